The smallest absolute Gasteiger partial charge is 0.230 e. The van der Waals surface area contributed by atoms with Crippen molar-refractivity contribution < 1.29 is 9.21 Å². The third kappa shape index (κ3) is 4.39. The van der Waals surface area contributed by atoms with Crippen LogP contribution in [0.2, 0.25) is 0 Å². The van der Waals surface area contributed by atoms with E-state index in [0.29, 0.717) is 23.9 Å². The van der Waals surface area contributed by atoms with Crippen LogP contribution in [0.25, 0.3) is 0 Å². The first-order valence-electron chi connectivity index (χ1n) is 9.73. The van der Waals surface area contributed by atoms with Crippen molar-refractivity contribution in [3.8, 4) is 0 Å². The molecule has 1 atom stereocenters. The molecule has 138 valence electrons. The van der Waals surface area contributed by atoms with E-state index >= 15 is 0 Å². The summed E-state index contributed by atoms with van der Waals surface area (Å²) in [6, 6.07) is 1.08. The number of carbonyl (C=O) groups excluding carboxylic acids is 1. The van der Waals surface area contributed by atoms with Crippen LogP contribution < -0.4 is 5.32 Å². The third-order valence-electron chi connectivity index (χ3n) is 5.75. The molecule has 1 amide bonds. The highest BCUT2D eigenvalue weighted by Crippen LogP contribution is 2.26. The number of likely N-dealkylation sites (tertiary alicyclic amines) is 2. The summed E-state index contributed by atoms with van der Waals surface area (Å²) in [5.74, 6) is 1.82. The van der Waals surface area contributed by atoms with Crippen LogP contribution in [-0.2, 0) is 11.3 Å². The average molecular weight is 347 g/mol. The molecular formula is C18H29N5O2. The van der Waals surface area contributed by atoms with Crippen LogP contribution in [-0.4, -0.2) is 64.2 Å². The maximum absolute atomic E-state index is 12.4. The van der Waals surface area contributed by atoms with E-state index in [1.165, 1.54) is 12.8 Å². The second kappa shape index (κ2) is 7.41. The van der Waals surface area contributed by atoms with Crippen molar-refractivity contribution in [3.05, 3.63) is 11.8 Å². The summed E-state index contributed by atoms with van der Waals surface area (Å²) in [4.78, 5) is 17.3. The Morgan fingerprint density at radius 1 is 1.16 bits per heavy atom. The fraction of sp³-hybridized carbons (Fsp3) is 0.833. The number of aromatic nitrogens is 2. The number of carbonyl (C=O) groups is 1. The van der Waals surface area contributed by atoms with Gasteiger partial charge in [-0.2, -0.15) is 0 Å². The first-order chi connectivity index (χ1) is 12.2. The summed E-state index contributed by atoms with van der Waals surface area (Å²) in [6.45, 7) is 6.77. The molecule has 3 aliphatic rings. The lowest BCUT2D eigenvalue weighted by atomic mass is 9.93. The fourth-order valence-corrected chi connectivity index (χ4v) is 4.13. The number of amides is 1. The van der Waals surface area contributed by atoms with Crippen molar-refractivity contribution in [1.29, 1.82) is 0 Å². The van der Waals surface area contributed by atoms with Gasteiger partial charge in [0.1, 0.15) is 0 Å². The van der Waals surface area contributed by atoms with E-state index in [-0.39, 0.29) is 11.8 Å². The standard InChI is InChI=1S/C18H29N5O2/c1-13-20-21-17(25-13)12-22-9-6-16(7-10-22)23-8-2-3-14(11-23)18(24)19-15-4-5-15/h14-16H,2-12H2,1H3,(H,19,24). The summed E-state index contributed by atoms with van der Waals surface area (Å²) in [6.07, 6.45) is 6.84. The van der Waals surface area contributed by atoms with Crippen molar-refractivity contribution in [2.45, 2.75) is 64.1 Å². The molecule has 1 unspecified atom stereocenters. The minimum absolute atomic E-state index is 0.189. The number of aryl methyl sites for hydroxylation is 1. The first kappa shape index (κ1) is 17.0. The predicted molar refractivity (Wildman–Crippen MR) is 92.8 cm³/mol. The van der Waals surface area contributed by atoms with Crippen LogP contribution in [0.15, 0.2) is 4.42 Å². The molecule has 1 aromatic rings. The molecule has 7 nitrogen and oxygen atoms in total. The molecule has 2 aliphatic heterocycles. The number of nitrogens with zero attached hydrogens (tertiary/aromatic N) is 4. The molecule has 25 heavy (non-hydrogen) atoms. The molecule has 1 N–H and O–H groups in total. The highest BCUT2D eigenvalue weighted by atomic mass is 16.4. The Morgan fingerprint density at radius 3 is 2.64 bits per heavy atom. The lowest BCUT2D eigenvalue weighted by molar-refractivity contribution is -0.127. The van der Waals surface area contributed by atoms with E-state index < -0.39 is 0 Å². The predicted octanol–water partition coefficient (Wildman–Crippen LogP) is 1.33. The van der Waals surface area contributed by atoms with Crippen LogP contribution >= 0.6 is 0 Å². The monoisotopic (exact) mass is 347 g/mol. The van der Waals surface area contributed by atoms with Crippen LogP contribution in [0.5, 0.6) is 0 Å². The number of piperidine rings is 2. The summed E-state index contributed by atoms with van der Waals surface area (Å²) in [5.41, 5.74) is 0. The van der Waals surface area contributed by atoms with Gasteiger partial charge in [0.2, 0.25) is 17.7 Å². The lowest BCUT2D eigenvalue weighted by Crippen LogP contribution is -2.50. The largest absolute Gasteiger partial charge is 0.424 e. The molecule has 2 saturated heterocycles. The van der Waals surface area contributed by atoms with Crippen LogP contribution in [0.4, 0.5) is 0 Å². The van der Waals surface area contributed by atoms with Crippen molar-refractivity contribution in [1.82, 2.24) is 25.3 Å². The van der Waals surface area contributed by atoms with Crippen molar-refractivity contribution in [3.63, 3.8) is 0 Å². The first-order valence-corrected chi connectivity index (χ1v) is 9.73. The maximum atomic E-state index is 12.4. The third-order valence-corrected chi connectivity index (χ3v) is 5.75. The van der Waals surface area contributed by atoms with Crippen molar-refractivity contribution in [2.24, 2.45) is 5.92 Å². The van der Waals surface area contributed by atoms with E-state index in [2.05, 4.69) is 25.3 Å². The Kier molecular flexibility index (Phi) is 5.03. The normalized spacial score (nSPS) is 26.7. The molecular weight excluding hydrogens is 318 g/mol. The molecule has 7 heteroatoms. The SMILES string of the molecule is Cc1nnc(CN2CCC(N3CCCC(C(=O)NC4CC4)C3)CC2)o1. The van der Waals surface area contributed by atoms with Gasteiger partial charge in [-0.25, -0.2) is 0 Å². The zero-order valence-corrected chi connectivity index (χ0v) is 15.1. The molecule has 1 aliphatic carbocycles. The quantitative estimate of drug-likeness (QED) is 0.866. The molecule has 0 aromatic carbocycles. The number of rotatable bonds is 5. The summed E-state index contributed by atoms with van der Waals surface area (Å²) < 4.78 is 5.49. The van der Waals surface area contributed by atoms with Crippen LogP contribution in [0.3, 0.4) is 0 Å². The van der Waals surface area contributed by atoms with Crippen LogP contribution in [0, 0.1) is 12.8 Å². The number of hydrogen-bond acceptors (Lipinski definition) is 6. The second-order valence-corrected chi connectivity index (χ2v) is 7.84. The Bertz CT molecular complexity index is 592. The van der Waals surface area contributed by atoms with Gasteiger partial charge in [-0.1, -0.05) is 0 Å². The average Bonchev–Trinajstić information content (AvgIpc) is 3.35. The molecule has 0 bridgehead atoms. The van der Waals surface area contributed by atoms with E-state index in [1.54, 1.807) is 0 Å². The van der Waals surface area contributed by atoms with Gasteiger partial charge in [0.25, 0.3) is 0 Å². The molecule has 0 radical (unpaired) electrons. The van der Waals surface area contributed by atoms with E-state index in [4.69, 9.17) is 4.42 Å². The fourth-order valence-electron chi connectivity index (χ4n) is 4.13. The van der Waals surface area contributed by atoms with Gasteiger partial charge < -0.3 is 9.73 Å². The molecule has 3 fully saturated rings. The zero-order chi connectivity index (χ0) is 17.2. The molecule has 1 aromatic heterocycles. The van der Waals surface area contributed by atoms with E-state index in [9.17, 15) is 4.79 Å². The molecule has 4 rings (SSSR count). The van der Waals surface area contributed by atoms with Gasteiger partial charge in [0.05, 0.1) is 12.5 Å². The second-order valence-electron chi connectivity index (χ2n) is 7.84. The number of hydrogen-bond donors (Lipinski definition) is 1. The highest BCUT2D eigenvalue weighted by Gasteiger charge is 2.33. The summed E-state index contributed by atoms with van der Waals surface area (Å²) in [5, 5.41) is 11.2. The van der Waals surface area contributed by atoms with Gasteiger partial charge in [0.15, 0.2) is 0 Å². The molecule has 1 saturated carbocycles. The Balaban J connectivity index is 1.24. The minimum atomic E-state index is 0.189. The Labute approximate surface area is 149 Å². The highest BCUT2D eigenvalue weighted by molar-refractivity contribution is 5.79. The van der Waals surface area contributed by atoms with Gasteiger partial charge >= 0.3 is 0 Å². The van der Waals surface area contributed by atoms with Gasteiger partial charge in [-0.3, -0.25) is 14.6 Å². The van der Waals surface area contributed by atoms with Gasteiger partial charge in [0, 0.05) is 38.6 Å². The maximum Gasteiger partial charge on any atom is 0.230 e. The van der Waals surface area contributed by atoms with E-state index in [0.717, 1.165) is 58.4 Å². The van der Waals surface area contributed by atoms with Crippen molar-refractivity contribution in [2.75, 3.05) is 26.2 Å². The molecule has 3 heterocycles. The Morgan fingerprint density at radius 2 is 1.96 bits per heavy atom. The topological polar surface area (TPSA) is 74.5 Å². The van der Waals surface area contributed by atoms with Gasteiger partial charge in [-0.15, -0.1) is 10.2 Å². The summed E-state index contributed by atoms with van der Waals surface area (Å²) >= 11 is 0. The number of nitrogens with one attached hydrogen (secondary N) is 1. The minimum Gasteiger partial charge on any atom is -0.424 e. The Hall–Kier alpha value is -1.47. The molecule has 0 spiro atoms. The lowest BCUT2D eigenvalue weighted by Gasteiger charge is -2.41. The zero-order valence-electron chi connectivity index (χ0n) is 15.1. The van der Waals surface area contributed by atoms with Gasteiger partial charge in [-0.05, 0) is 45.1 Å². The van der Waals surface area contributed by atoms with E-state index in [1.807, 2.05) is 6.92 Å². The summed E-state index contributed by atoms with van der Waals surface area (Å²) in [7, 11) is 0. The van der Waals surface area contributed by atoms with Crippen molar-refractivity contribution >= 4 is 5.91 Å². The van der Waals surface area contributed by atoms with Crippen LogP contribution in [0.1, 0.15) is 50.3 Å².